The van der Waals surface area contributed by atoms with E-state index in [0.29, 0.717) is 19.2 Å². The molecule has 0 saturated carbocycles. The Morgan fingerprint density at radius 2 is 2.16 bits per heavy atom. The zero-order valence-corrected chi connectivity index (χ0v) is 12.4. The van der Waals surface area contributed by atoms with Crippen molar-refractivity contribution in [2.24, 2.45) is 0 Å². The van der Waals surface area contributed by atoms with E-state index in [4.69, 9.17) is 4.74 Å². The fraction of sp³-hybridized carbons (Fsp3) is 0.625. The van der Waals surface area contributed by atoms with E-state index in [1.165, 1.54) is 18.4 Å². The first-order valence-electron chi connectivity index (χ1n) is 7.22. The van der Waals surface area contributed by atoms with E-state index < -0.39 is 6.10 Å². The molecule has 0 heterocycles. The molecular weight excluding hydrogens is 238 g/mol. The van der Waals surface area contributed by atoms with Crippen molar-refractivity contribution in [3.05, 3.63) is 29.8 Å². The van der Waals surface area contributed by atoms with Crippen LogP contribution in [0.1, 0.15) is 38.7 Å². The molecule has 108 valence electrons. The van der Waals surface area contributed by atoms with E-state index >= 15 is 0 Å². The molecule has 2 N–H and O–H groups in total. The average molecular weight is 265 g/mol. The average Bonchev–Trinajstić information content (AvgIpc) is 2.40. The number of hydrogen-bond acceptors (Lipinski definition) is 3. The fourth-order valence-electron chi connectivity index (χ4n) is 1.91. The first-order chi connectivity index (χ1) is 9.11. The van der Waals surface area contributed by atoms with Gasteiger partial charge in [-0.3, -0.25) is 0 Å². The molecule has 1 aromatic rings. The molecule has 0 aromatic heterocycles. The Bertz CT molecular complexity index is 354. The highest BCUT2D eigenvalue weighted by molar-refractivity contribution is 5.27. The maximum absolute atomic E-state index is 9.87. The summed E-state index contributed by atoms with van der Waals surface area (Å²) in [6, 6.07) is 8.33. The number of ether oxygens (including phenoxy) is 1. The molecule has 0 saturated heterocycles. The highest BCUT2D eigenvalue weighted by atomic mass is 16.5. The molecular formula is C16H27NO2. The molecule has 0 amide bonds. The molecule has 3 nitrogen and oxygen atoms in total. The number of aliphatic hydroxyl groups excluding tert-OH is 1. The Morgan fingerprint density at radius 1 is 1.37 bits per heavy atom. The van der Waals surface area contributed by atoms with E-state index in [9.17, 15) is 5.11 Å². The molecule has 0 aliphatic rings. The number of rotatable bonds is 9. The largest absolute Gasteiger partial charge is 0.491 e. The normalized spacial score (nSPS) is 14.1. The second kappa shape index (κ2) is 8.94. The molecule has 0 bridgehead atoms. The van der Waals surface area contributed by atoms with Gasteiger partial charge in [-0.05, 0) is 38.0 Å². The number of aryl methyl sites for hydroxylation is 1. The zero-order valence-electron chi connectivity index (χ0n) is 12.4. The van der Waals surface area contributed by atoms with Crippen molar-refractivity contribution in [2.75, 3.05) is 13.2 Å². The molecule has 0 radical (unpaired) electrons. The second-order valence-corrected chi connectivity index (χ2v) is 5.23. The number of hydrogen-bond donors (Lipinski definition) is 2. The van der Waals surface area contributed by atoms with Gasteiger partial charge in [0.05, 0.1) is 0 Å². The van der Waals surface area contributed by atoms with Crippen LogP contribution in [0.2, 0.25) is 0 Å². The van der Waals surface area contributed by atoms with Crippen molar-refractivity contribution >= 4 is 0 Å². The Morgan fingerprint density at radius 3 is 2.84 bits per heavy atom. The Labute approximate surface area is 117 Å². The first kappa shape index (κ1) is 16.0. The minimum absolute atomic E-state index is 0.330. The molecule has 0 aliphatic heterocycles. The molecule has 1 rings (SSSR count). The van der Waals surface area contributed by atoms with E-state index in [2.05, 4.69) is 19.2 Å². The monoisotopic (exact) mass is 265 g/mol. The van der Waals surface area contributed by atoms with Gasteiger partial charge in [-0.2, -0.15) is 0 Å². The lowest BCUT2D eigenvalue weighted by atomic mass is 10.1. The number of unbranched alkanes of at least 4 members (excludes halogenated alkanes) is 1. The van der Waals surface area contributed by atoms with Crippen LogP contribution >= 0.6 is 0 Å². The van der Waals surface area contributed by atoms with Gasteiger partial charge in [0.2, 0.25) is 0 Å². The van der Waals surface area contributed by atoms with E-state index in [1.54, 1.807) is 0 Å². The van der Waals surface area contributed by atoms with Crippen molar-refractivity contribution in [2.45, 2.75) is 52.2 Å². The van der Waals surface area contributed by atoms with Gasteiger partial charge in [-0.1, -0.05) is 31.9 Å². The van der Waals surface area contributed by atoms with Crippen molar-refractivity contribution in [1.29, 1.82) is 0 Å². The molecule has 0 aliphatic carbocycles. The van der Waals surface area contributed by atoms with Crippen LogP contribution in [-0.2, 0) is 0 Å². The van der Waals surface area contributed by atoms with Gasteiger partial charge in [0.1, 0.15) is 18.5 Å². The lowest BCUT2D eigenvalue weighted by Crippen LogP contribution is -2.36. The zero-order chi connectivity index (χ0) is 14.1. The highest BCUT2D eigenvalue weighted by Gasteiger charge is 2.07. The summed E-state index contributed by atoms with van der Waals surface area (Å²) in [5, 5.41) is 13.2. The molecule has 19 heavy (non-hydrogen) atoms. The van der Waals surface area contributed by atoms with Crippen LogP contribution in [0.3, 0.4) is 0 Å². The number of aliphatic hydroxyl groups is 1. The SMILES string of the molecule is CCCCC(C)NCC(O)COc1cccc(C)c1. The lowest BCUT2D eigenvalue weighted by molar-refractivity contribution is 0.104. The molecule has 3 heteroatoms. The third-order valence-electron chi connectivity index (χ3n) is 3.12. The van der Waals surface area contributed by atoms with Gasteiger partial charge >= 0.3 is 0 Å². The third-order valence-corrected chi connectivity index (χ3v) is 3.12. The van der Waals surface area contributed by atoms with E-state index in [-0.39, 0.29) is 0 Å². The molecule has 1 aromatic carbocycles. The minimum atomic E-state index is -0.468. The third kappa shape index (κ3) is 7.19. The van der Waals surface area contributed by atoms with Gasteiger partial charge < -0.3 is 15.2 Å². The van der Waals surface area contributed by atoms with Crippen molar-refractivity contribution < 1.29 is 9.84 Å². The Hall–Kier alpha value is -1.06. The van der Waals surface area contributed by atoms with Gasteiger partial charge in [0.25, 0.3) is 0 Å². The van der Waals surface area contributed by atoms with Crippen LogP contribution in [-0.4, -0.2) is 30.4 Å². The minimum Gasteiger partial charge on any atom is -0.491 e. The van der Waals surface area contributed by atoms with Crippen LogP contribution in [0, 0.1) is 6.92 Å². The summed E-state index contributed by atoms with van der Waals surface area (Å²) in [6.07, 6.45) is 3.13. The van der Waals surface area contributed by atoms with Crippen LogP contribution in [0.15, 0.2) is 24.3 Å². The topological polar surface area (TPSA) is 41.5 Å². The predicted octanol–water partition coefficient (Wildman–Crippen LogP) is 2.90. The molecule has 0 spiro atoms. The highest BCUT2D eigenvalue weighted by Crippen LogP contribution is 2.12. The summed E-state index contributed by atoms with van der Waals surface area (Å²) in [5.41, 5.74) is 1.17. The summed E-state index contributed by atoms with van der Waals surface area (Å²) >= 11 is 0. The second-order valence-electron chi connectivity index (χ2n) is 5.23. The Balaban J connectivity index is 2.19. The summed E-state index contributed by atoms with van der Waals surface area (Å²) in [4.78, 5) is 0. The smallest absolute Gasteiger partial charge is 0.119 e. The van der Waals surface area contributed by atoms with Crippen molar-refractivity contribution in [3.63, 3.8) is 0 Å². The van der Waals surface area contributed by atoms with Gasteiger partial charge in [-0.25, -0.2) is 0 Å². The Kier molecular flexibility index (Phi) is 7.53. The van der Waals surface area contributed by atoms with Crippen LogP contribution < -0.4 is 10.1 Å². The van der Waals surface area contributed by atoms with E-state index in [0.717, 1.165) is 12.2 Å². The first-order valence-corrected chi connectivity index (χ1v) is 7.22. The molecule has 0 fully saturated rings. The summed E-state index contributed by atoms with van der Waals surface area (Å²) in [5.74, 6) is 0.818. The van der Waals surface area contributed by atoms with E-state index in [1.807, 2.05) is 31.2 Å². The summed E-state index contributed by atoms with van der Waals surface area (Å²) in [7, 11) is 0. The quantitative estimate of drug-likeness (QED) is 0.721. The standard InChI is InChI=1S/C16H27NO2/c1-4-5-8-14(3)17-11-15(18)12-19-16-9-6-7-13(2)10-16/h6-7,9-10,14-15,17-18H,4-5,8,11-12H2,1-3H3. The number of nitrogens with one attached hydrogen (secondary N) is 1. The predicted molar refractivity (Wildman–Crippen MR) is 79.7 cm³/mol. The fourth-order valence-corrected chi connectivity index (χ4v) is 1.91. The molecule has 2 atom stereocenters. The van der Waals surface area contributed by atoms with Gasteiger partial charge in [0, 0.05) is 12.6 Å². The summed E-state index contributed by atoms with van der Waals surface area (Å²) < 4.78 is 5.57. The maximum Gasteiger partial charge on any atom is 0.119 e. The summed E-state index contributed by atoms with van der Waals surface area (Å²) in [6.45, 7) is 7.29. The number of benzene rings is 1. The maximum atomic E-state index is 9.87. The van der Waals surface area contributed by atoms with Crippen LogP contribution in [0.25, 0.3) is 0 Å². The van der Waals surface area contributed by atoms with Crippen molar-refractivity contribution in [3.8, 4) is 5.75 Å². The van der Waals surface area contributed by atoms with Crippen molar-refractivity contribution in [1.82, 2.24) is 5.32 Å². The van der Waals surface area contributed by atoms with Crippen LogP contribution in [0.5, 0.6) is 5.75 Å². The van der Waals surface area contributed by atoms with Gasteiger partial charge in [-0.15, -0.1) is 0 Å². The lowest BCUT2D eigenvalue weighted by Gasteiger charge is -2.17. The molecule has 2 unspecified atom stereocenters. The van der Waals surface area contributed by atoms with Crippen LogP contribution in [0.4, 0.5) is 0 Å². The van der Waals surface area contributed by atoms with Gasteiger partial charge in [0.15, 0.2) is 0 Å².